The number of thiocarbonyl (C=S) groups is 1. The van der Waals surface area contributed by atoms with Gasteiger partial charge in [0.1, 0.15) is 0 Å². The van der Waals surface area contributed by atoms with Crippen molar-refractivity contribution in [3.05, 3.63) is 29.8 Å². The van der Waals surface area contributed by atoms with E-state index in [-0.39, 0.29) is 12.0 Å². The Morgan fingerprint density at radius 2 is 2.29 bits per heavy atom. The number of carbonyl (C=O) groups is 1. The van der Waals surface area contributed by atoms with E-state index in [0.29, 0.717) is 24.5 Å². The molecule has 0 fully saturated rings. The maximum Gasteiger partial charge on any atom is 0.305 e. The second-order valence-corrected chi connectivity index (χ2v) is 6.35. The number of thioether (sulfide) groups is 1. The van der Waals surface area contributed by atoms with Crippen LogP contribution < -0.4 is 10.6 Å². The predicted octanol–water partition coefficient (Wildman–Crippen LogP) is 2.64. The Bertz CT molecular complexity index is 508. The maximum absolute atomic E-state index is 11.0. The van der Waals surface area contributed by atoms with Crippen LogP contribution in [0.3, 0.4) is 0 Å². The lowest BCUT2D eigenvalue weighted by Crippen LogP contribution is -2.39. The summed E-state index contributed by atoms with van der Waals surface area (Å²) in [5.41, 5.74) is 1.31. The minimum Gasteiger partial charge on any atom is -0.469 e. The number of benzene rings is 1. The number of nitrogens with one attached hydrogen (secondary N) is 2. The molecule has 0 aromatic heterocycles. The van der Waals surface area contributed by atoms with Gasteiger partial charge in [0.25, 0.3) is 0 Å². The fourth-order valence-corrected chi connectivity index (χ4v) is 3.61. The molecular weight excluding hydrogens is 304 g/mol. The first kappa shape index (κ1) is 16.1. The first-order valence-electron chi connectivity index (χ1n) is 7.03. The van der Waals surface area contributed by atoms with Gasteiger partial charge < -0.3 is 15.4 Å². The Hall–Kier alpha value is -1.27. The summed E-state index contributed by atoms with van der Waals surface area (Å²) in [5.74, 6) is 0.911. The molecule has 4 nitrogen and oxygen atoms in total. The first-order chi connectivity index (χ1) is 10.2. The average molecular weight is 324 g/mol. The van der Waals surface area contributed by atoms with Crippen molar-refractivity contribution in [2.75, 3.05) is 19.4 Å². The third-order valence-electron chi connectivity index (χ3n) is 3.33. The minimum atomic E-state index is -0.186. The predicted molar refractivity (Wildman–Crippen MR) is 89.5 cm³/mol. The van der Waals surface area contributed by atoms with E-state index in [1.54, 1.807) is 0 Å². The number of fused-ring (bicyclic) bond motifs is 1. The zero-order chi connectivity index (χ0) is 15.1. The van der Waals surface area contributed by atoms with E-state index in [1.807, 2.05) is 11.8 Å². The van der Waals surface area contributed by atoms with Gasteiger partial charge >= 0.3 is 5.97 Å². The van der Waals surface area contributed by atoms with E-state index < -0.39 is 0 Å². The fourth-order valence-electron chi connectivity index (χ4n) is 2.24. The number of rotatable bonds is 5. The molecule has 1 aromatic rings. The zero-order valence-corrected chi connectivity index (χ0v) is 13.7. The van der Waals surface area contributed by atoms with Gasteiger partial charge in [-0.05, 0) is 36.7 Å². The Labute approximate surface area is 135 Å². The van der Waals surface area contributed by atoms with Crippen LogP contribution >= 0.6 is 24.0 Å². The van der Waals surface area contributed by atoms with Gasteiger partial charge in [-0.15, -0.1) is 11.8 Å². The minimum absolute atomic E-state index is 0.186. The van der Waals surface area contributed by atoms with Gasteiger partial charge in [0.05, 0.1) is 13.2 Å². The smallest absolute Gasteiger partial charge is 0.305 e. The average Bonchev–Trinajstić information content (AvgIpc) is 2.51. The molecule has 0 aliphatic carbocycles. The topological polar surface area (TPSA) is 50.4 Å². The largest absolute Gasteiger partial charge is 0.469 e. The summed E-state index contributed by atoms with van der Waals surface area (Å²) in [4.78, 5) is 12.3. The van der Waals surface area contributed by atoms with Crippen LogP contribution in [-0.4, -0.2) is 30.5 Å². The van der Waals surface area contributed by atoms with Crippen LogP contribution in [-0.2, 0) is 9.53 Å². The molecule has 2 rings (SSSR count). The summed E-state index contributed by atoms with van der Waals surface area (Å²) in [6.45, 7) is 0.671. The molecular formula is C15H20N2O2S2. The molecule has 1 aliphatic heterocycles. The van der Waals surface area contributed by atoms with Crippen molar-refractivity contribution >= 4 is 35.1 Å². The van der Waals surface area contributed by atoms with Gasteiger partial charge in [0.15, 0.2) is 5.11 Å². The molecule has 114 valence electrons. The number of methoxy groups -OCH3 is 1. The van der Waals surface area contributed by atoms with Crippen molar-refractivity contribution in [2.45, 2.75) is 30.2 Å². The van der Waals surface area contributed by atoms with Crippen LogP contribution in [0.1, 0.15) is 30.9 Å². The van der Waals surface area contributed by atoms with E-state index in [1.165, 1.54) is 17.6 Å². The van der Waals surface area contributed by atoms with Crippen LogP contribution in [0.2, 0.25) is 0 Å². The van der Waals surface area contributed by atoms with Gasteiger partial charge in [-0.1, -0.05) is 18.2 Å². The van der Waals surface area contributed by atoms with Crippen molar-refractivity contribution in [3.8, 4) is 0 Å². The highest BCUT2D eigenvalue weighted by Crippen LogP contribution is 2.35. The molecule has 6 heteroatoms. The molecule has 0 amide bonds. The van der Waals surface area contributed by atoms with Gasteiger partial charge in [-0.2, -0.15) is 0 Å². The summed E-state index contributed by atoms with van der Waals surface area (Å²) in [5, 5.41) is 7.16. The summed E-state index contributed by atoms with van der Waals surface area (Å²) in [6, 6.07) is 8.70. The standard InChI is InChI=1S/C15H20N2O2S2/c1-19-14(18)7-4-9-16-15(20)17-12-8-10-21-13-6-3-2-5-11(12)13/h2-3,5-6,12H,4,7-10H2,1H3,(H2,16,17,20)/t12-/m1/s1. The lowest BCUT2D eigenvalue weighted by Gasteiger charge is -2.27. The second kappa shape index (κ2) is 8.24. The first-order valence-corrected chi connectivity index (χ1v) is 8.43. The lowest BCUT2D eigenvalue weighted by molar-refractivity contribution is -0.140. The van der Waals surface area contributed by atoms with E-state index in [0.717, 1.165) is 12.2 Å². The summed E-state index contributed by atoms with van der Waals surface area (Å²) >= 11 is 7.22. The van der Waals surface area contributed by atoms with Crippen LogP contribution in [0.15, 0.2) is 29.2 Å². The maximum atomic E-state index is 11.0. The SMILES string of the molecule is COC(=O)CCCNC(=S)N[C@@H]1CCSc2ccccc21. The molecule has 1 atom stereocenters. The molecule has 0 spiro atoms. The quantitative estimate of drug-likeness (QED) is 0.493. The summed E-state index contributed by atoms with van der Waals surface area (Å²) in [7, 11) is 1.40. The highest BCUT2D eigenvalue weighted by Gasteiger charge is 2.20. The fraction of sp³-hybridized carbons (Fsp3) is 0.467. The number of ether oxygens (including phenoxy) is 1. The zero-order valence-electron chi connectivity index (χ0n) is 12.1. The molecule has 1 aliphatic rings. The second-order valence-electron chi connectivity index (χ2n) is 4.81. The molecule has 0 saturated heterocycles. The molecule has 0 bridgehead atoms. The third-order valence-corrected chi connectivity index (χ3v) is 4.72. The van der Waals surface area contributed by atoms with Crippen molar-refractivity contribution in [1.82, 2.24) is 10.6 Å². The van der Waals surface area contributed by atoms with E-state index in [9.17, 15) is 4.79 Å². The molecule has 0 unspecified atom stereocenters. The number of esters is 1. The molecule has 21 heavy (non-hydrogen) atoms. The van der Waals surface area contributed by atoms with Crippen molar-refractivity contribution < 1.29 is 9.53 Å². The Balaban J connectivity index is 1.77. The third kappa shape index (κ3) is 4.89. The summed E-state index contributed by atoms with van der Waals surface area (Å²) in [6.07, 6.45) is 2.19. The van der Waals surface area contributed by atoms with Gasteiger partial charge in [-0.3, -0.25) is 4.79 Å². The molecule has 0 radical (unpaired) electrons. The van der Waals surface area contributed by atoms with E-state index in [2.05, 4.69) is 39.6 Å². The Morgan fingerprint density at radius 1 is 1.48 bits per heavy atom. The lowest BCUT2D eigenvalue weighted by atomic mass is 10.0. The van der Waals surface area contributed by atoms with Crippen LogP contribution in [0, 0.1) is 0 Å². The van der Waals surface area contributed by atoms with E-state index >= 15 is 0 Å². The molecule has 1 aromatic carbocycles. The highest BCUT2D eigenvalue weighted by molar-refractivity contribution is 7.99. The number of carbonyl (C=O) groups excluding carboxylic acids is 1. The molecule has 1 heterocycles. The van der Waals surface area contributed by atoms with Crippen LogP contribution in [0.25, 0.3) is 0 Å². The Morgan fingerprint density at radius 3 is 3.10 bits per heavy atom. The van der Waals surface area contributed by atoms with Crippen molar-refractivity contribution in [3.63, 3.8) is 0 Å². The summed E-state index contributed by atoms with van der Waals surface area (Å²) < 4.78 is 4.60. The Kier molecular flexibility index (Phi) is 6.32. The molecule has 0 saturated carbocycles. The number of hydrogen-bond donors (Lipinski definition) is 2. The normalized spacial score (nSPS) is 16.7. The van der Waals surface area contributed by atoms with Crippen molar-refractivity contribution in [2.24, 2.45) is 0 Å². The van der Waals surface area contributed by atoms with Gasteiger partial charge in [-0.25, -0.2) is 0 Å². The van der Waals surface area contributed by atoms with Crippen LogP contribution in [0.5, 0.6) is 0 Å². The van der Waals surface area contributed by atoms with E-state index in [4.69, 9.17) is 12.2 Å². The van der Waals surface area contributed by atoms with Gasteiger partial charge in [0.2, 0.25) is 0 Å². The van der Waals surface area contributed by atoms with Crippen molar-refractivity contribution in [1.29, 1.82) is 0 Å². The molecule has 2 N–H and O–H groups in total. The monoisotopic (exact) mass is 324 g/mol. The van der Waals surface area contributed by atoms with Crippen LogP contribution in [0.4, 0.5) is 0 Å². The van der Waals surface area contributed by atoms with Gasteiger partial charge in [0, 0.05) is 23.6 Å². The number of hydrogen-bond acceptors (Lipinski definition) is 4. The highest BCUT2D eigenvalue weighted by atomic mass is 32.2.